The quantitative estimate of drug-likeness (QED) is 0.0290. The van der Waals surface area contributed by atoms with Gasteiger partial charge < -0.3 is 24.3 Å². The smallest absolute Gasteiger partial charge is 0.306 e. The Morgan fingerprint density at radius 3 is 1.60 bits per heavy atom. The lowest BCUT2D eigenvalue weighted by Gasteiger charge is -2.22. The van der Waals surface area contributed by atoms with Crippen molar-refractivity contribution in [1.29, 1.82) is 0 Å². The second-order valence-corrected chi connectivity index (χ2v) is 15.7. The lowest BCUT2D eigenvalue weighted by atomic mass is 10.0. The molecule has 6 heteroatoms. The number of carbonyl (C=O) groups excluding carboxylic acids is 2. The number of rotatable bonds is 42. The first kappa shape index (κ1) is 51.6. The summed E-state index contributed by atoms with van der Waals surface area (Å²) in [6.07, 6.45) is 37.4. The molecule has 0 heterocycles. The summed E-state index contributed by atoms with van der Waals surface area (Å²) in [7, 11) is 0. The molecule has 1 N–H and O–H groups in total. The maximum atomic E-state index is 12.8. The zero-order chi connectivity index (χ0) is 38.7. The van der Waals surface area contributed by atoms with Gasteiger partial charge in [0, 0.05) is 38.4 Å². The fraction of sp³-hybridized carbons (Fsp3) is 0.915. The van der Waals surface area contributed by atoms with Gasteiger partial charge in [0.25, 0.3) is 0 Å². The highest BCUT2D eigenvalue weighted by Crippen LogP contribution is 2.19. The standard InChI is InChI=1S/C47H89NO5/c1-4-7-10-13-16-24-33-42-52-44-45(43-50)34-25-21-23-30-39-48(40-31-32-41-49)38-29-22-17-20-28-37-47(51)53-46(35-26-18-14-11-8-5-2)36-27-19-15-12-9-6-3/h43,45-46,49H,4-12,14-15,17-42,44H2,1-3H3. The van der Waals surface area contributed by atoms with E-state index in [4.69, 9.17) is 9.47 Å². The highest BCUT2D eigenvalue weighted by Gasteiger charge is 2.14. The molecule has 0 aliphatic rings. The van der Waals surface area contributed by atoms with Crippen LogP contribution >= 0.6 is 0 Å². The molecule has 0 rings (SSSR count). The van der Waals surface area contributed by atoms with Gasteiger partial charge in [-0.25, -0.2) is 0 Å². The van der Waals surface area contributed by atoms with E-state index in [1.54, 1.807) is 0 Å². The average Bonchev–Trinajstić information content (AvgIpc) is 3.16. The second-order valence-electron chi connectivity index (χ2n) is 15.7. The van der Waals surface area contributed by atoms with Crippen LogP contribution in [0.2, 0.25) is 0 Å². The molecule has 6 nitrogen and oxygen atoms in total. The molecule has 0 radical (unpaired) electrons. The Morgan fingerprint density at radius 1 is 0.585 bits per heavy atom. The summed E-state index contributed by atoms with van der Waals surface area (Å²) in [5, 5.41) is 9.29. The van der Waals surface area contributed by atoms with Crippen molar-refractivity contribution in [3.8, 4) is 11.8 Å². The maximum absolute atomic E-state index is 12.8. The predicted octanol–water partition coefficient (Wildman–Crippen LogP) is 12.6. The number of aliphatic hydroxyl groups excluding tert-OH is 1. The van der Waals surface area contributed by atoms with Gasteiger partial charge in [-0.15, -0.1) is 11.8 Å². The number of ether oxygens (including phenoxy) is 2. The number of carbonyl (C=O) groups is 2. The Kier molecular flexibility index (Phi) is 42.1. The van der Waals surface area contributed by atoms with E-state index < -0.39 is 0 Å². The minimum Gasteiger partial charge on any atom is -0.462 e. The van der Waals surface area contributed by atoms with Crippen LogP contribution in [0.3, 0.4) is 0 Å². The summed E-state index contributed by atoms with van der Waals surface area (Å²) >= 11 is 0. The van der Waals surface area contributed by atoms with E-state index in [1.807, 2.05) is 0 Å². The first-order chi connectivity index (χ1) is 26.1. The first-order valence-corrected chi connectivity index (χ1v) is 23.1. The zero-order valence-corrected chi connectivity index (χ0v) is 35.6. The van der Waals surface area contributed by atoms with E-state index in [1.165, 1.54) is 122 Å². The van der Waals surface area contributed by atoms with E-state index >= 15 is 0 Å². The van der Waals surface area contributed by atoms with Crippen LogP contribution in [0.1, 0.15) is 226 Å². The molecule has 0 saturated heterocycles. The van der Waals surface area contributed by atoms with Crippen LogP contribution in [0.15, 0.2) is 0 Å². The molecule has 312 valence electrons. The predicted molar refractivity (Wildman–Crippen MR) is 226 cm³/mol. The molecule has 1 atom stereocenters. The van der Waals surface area contributed by atoms with Gasteiger partial charge in [0.05, 0.1) is 6.61 Å². The number of unbranched alkanes of at least 4 members (excludes halogenated alkanes) is 21. The summed E-state index contributed by atoms with van der Waals surface area (Å²) < 4.78 is 11.8. The molecule has 0 bridgehead atoms. The van der Waals surface area contributed by atoms with Crippen LogP contribution in [0.5, 0.6) is 0 Å². The second kappa shape index (κ2) is 43.3. The molecule has 0 amide bonds. The van der Waals surface area contributed by atoms with Gasteiger partial charge >= 0.3 is 5.97 Å². The van der Waals surface area contributed by atoms with Crippen molar-refractivity contribution in [1.82, 2.24) is 4.90 Å². The van der Waals surface area contributed by atoms with Gasteiger partial charge in [-0.2, -0.15) is 0 Å². The van der Waals surface area contributed by atoms with Gasteiger partial charge in [0.2, 0.25) is 0 Å². The Hall–Kier alpha value is -1.42. The van der Waals surface area contributed by atoms with Gasteiger partial charge in [-0.05, 0) is 96.7 Å². The molecule has 0 aromatic rings. The summed E-state index contributed by atoms with van der Waals surface area (Å²) in [6, 6.07) is 0. The monoisotopic (exact) mass is 748 g/mol. The van der Waals surface area contributed by atoms with Crippen LogP contribution in [0, 0.1) is 17.8 Å². The average molecular weight is 748 g/mol. The third-order valence-electron chi connectivity index (χ3n) is 10.5. The molecular formula is C47H89NO5. The van der Waals surface area contributed by atoms with Gasteiger partial charge in [-0.3, -0.25) is 4.79 Å². The fourth-order valence-corrected chi connectivity index (χ4v) is 6.95. The van der Waals surface area contributed by atoms with E-state index in [0.29, 0.717) is 19.6 Å². The molecule has 0 aliphatic heterocycles. The maximum Gasteiger partial charge on any atom is 0.306 e. The highest BCUT2D eigenvalue weighted by molar-refractivity contribution is 5.69. The number of hydrogen-bond donors (Lipinski definition) is 1. The normalized spacial score (nSPS) is 12.0. The Bertz CT molecular complexity index is 807. The number of aliphatic hydroxyl groups is 1. The number of esters is 1. The largest absolute Gasteiger partial charge is 0.462 e. The Morgan fingerprint density at radius 2 is 1.06 bits per heavy atom. The Balaban J connectivity index is 4.20. The van der Waals surface area contributed by atoms with Crippen molar-refractivity contribution in [2.75, 3.05) is 39.5 Å². The minimum atomic E-state index is 0.00740. The number of nitrogens with zero attached hydrogens (tertiary/aromatic N) is 1. The van der Waals surface area contributed by atoms with Crippen molar-refractivity contribution in [3.63, 3.8) is 0 Å². The summed E-state index contributed by atoms with van der Waals surface area (Å²) in [5.41, 5.74) is 0. The number of hydrogen-bond acceptors (Lipinski definition) is 6. The van der Waals surface area contributed by atoms with Crippen molar-refractivity contribution in [2.24, 2.45) is 5.92 Å². The first-order valence-electron chi connectivity index (χ1n) is 23.1. The zero-order valence-electron chi connectivity index (χ0n) is 35.6. The van der Waals surface area contributed by atoms with Gasteiger partial charge in [-0.1, -0.05) is 130 Å². The summed E-state index contributed by atoms with van der Waals surface area (Å²) in [5.74, 6) is 6.46. The summed E-state index contributed by atoms with van der Waals surface area (Å²) in [6.45, 7) is 11.5. The number of aldehydes is 1. The minimum absolute atomic E-state index is 0.00740. The Labute approximate surface area is 330 Å². The van der Waals surface area contributed by atoms with Crippen LogP contribution < -0.4 is 0 Å². The molecule has 0 aliphatic carbocycles. The lowest BCUT2D eigenvalue weighted by Crippen LogP contribution is -2.27. The summed E-state index contributed by atoms with van der Waals surface area (Å²) in [4.78, 5) is 26.9. The van der Waals surface area contributed by atoms with Crippen LogP contribution in [0.4, 0.5) is 0 Å². The third kappa shape index (κ3) is 38.6. The molecule has 1 unspecified atom stereocenters. The van der Waals surface area contributed by atoms with E-state index in [-0.39, 0.29) is 24.6 Å². The van der Waals surface area contributed by atoms with Crippen LogP contribution in [-0.2, 0) is 19.1 Å². The highest BCUT2D eigenvalue weighted by atomic mass is 16.5. The van der Waals surface area contributed by atoms with Crippen molar-refractivity contribution in [3.05, 3.63) is 0 Å². The SMILES string of the molecule is CCCCC#CCCCOCC(C=O)CCCCCCN(CCCCO)CCCCCCCC(=O)OC(CCCCCCCC)CCCCCCCC. The van der Waals surface area contributed by atoms with Crippen molar-refractivity contribution < 1.29 is 24.2 Å². The fourth-order valence-electron chi connectivity index (χ4n) is 6.95. The molecule has 0 aromatic carbocycles. The van der Waals surface area contributed by atoms with Crippen LogP contribution in [0.25, 0.3) is 0 Å². The molecular weight excluding hydrogens is 659 g/mol. The lowest BCUT2D eigenvalue weighted by molar-refractivity contribution is -0.150. The molecule has 0 aromatic heterocycles. The van der Waals surface area contributed by atoms with Crippen LogP contribution in [-0.4, -0.2) is 67.8 Å². The van der Waals surface area contributed by atoms with Crippen molar-refractivity contribution >= 4 is 12.3 Å². The molecule has 53 heavy (non-hydrogen) atoms. The molecule has 0 spiro atoms. The van der Waals surface area contributed by atoms with E-state index in [2.05, 4.69) is 37.5 Å². The van der Waals surface area contributed by atoms with E-state index in [9.17, 15) is 14.7 Å². The molecule has 0 fully saturated rings. The van der Waals surface area contributed by atoms with Crippen molar-refractivity contribution in [2.45, 2.75) is 232 Å². The topological polar surface area (TPSA) is 76.1 Å². The third-order valence-corrected chi connectivity index (χ3v) is 10.5. The van der Waals surface area contributed by atoms with E-state index in [0.717, 1.165) is 103 Å². The van der Waals surface area contributed by atoms with Gasteiger partial charge in [0.1, 0.15) is 12.4 Å². The van der Waals surface area contributed by atoms with Gasteiger partial charge in [0.15, 0.2) is 0 Å². The molecule has 0 saturated carbocycles.